The van der Waals surface area contributed by atoms with Crippen molar-refractivity contribution in [1.82, 2.24) is 0 Å². The minimum absolute atomic E-state index is 0.0286. The molecule has 0 heterocycles. The number of aliphatic hydroxyl groups is 1. The fourth-order valence-corrected chi connectivity index (χ4v) is 6.70. The molecule has 1 N–H and O–H groups in total. The standard InChI is InChI=1S/C21H32O3/c1-3-20(23)24-19-9-8-18-17-6-4-13-12-14(22)5-7-15(13)16(17)10-11-21(18,19)2/h12,14-19,22H,3-11H2,1-2H3/t14?,15-,16+,17+,18-,19?,21-/m0/s1. The van der Waals surface area contributed by atoms with Gasteiger partial charge in [0.05, 0.1) is 6.10 Å². The Bertz CT molecular complexity index is 539. The summed E-state index contributed by atoms with van der Waals surface area (Å²) in [5.41, 5.74) is 1.74. The van der Waals surface area contributed by atoms with Crippen molar-refractivity contribution in [3.8, 4) is 0 Å². The highest BCUT2D eigenvalue weighted by atomic mass is 16.5. The minimum Gasteiger partial charge on any atom is -0.462 e. The van der Waals surface area contributed by atoms with Crippen LogP contribution in [0.15, 0.2) is 11.6 Å². The molecule has 3 nitrogen and oxygen atoms in total. The van der Waals surface area contributed by atoms with Gasteiger partial charge in [-0.05, 0) is 75.0 Å². The van der Waals surface area contributed by atoms with Gasteiger partial charge in [0.25, 0.3) is 0 Å². The zero-order valence-corrected chi connectivity index (χ0v) is 15.2. The highest BCUT2D eigenvalue weighted by molar-refractivity contribution is 5.69. The lowest BCUT2D eigenvalue weighted by molar-refractivity contribution is -0.158. The highest BCUT2D eigenvalue weighted by Crippen LogP contribution is 2.62. The summed E-state index contributed by atoms with van der Waals surface area (Å²) >= 11 is 0. The second kappa shape index (κ2) is 6.16. The quantitative estimate of drug-likeness (QED) is 0.607. The number of carbonyl (C=O) groups is 1. The summed E-state index contributed by atoms with van der Waals surface area (Å²) in [4.78, 5) is 11.8. The molecular weight excluding hydrogens is 300 g/mol. The van der Waals surface area contributed by atoms with E-state index >= 15 is 0 Å². The molecule has 0 aromatic heterocycles. The van der Waals surface area contributed by atoms with Gasteiger partial charge >= 0.3 is 5.97 Å². The number of fused-ring (bicyclic) bond motifs is 5. The van der Waals surface area contributed by atoms with Crippen molar-refractivity contribution in [2.24, 2.45) is 29.1 Å². The number of aliphatic hydroxyl groups excluding tert-OH is 1. The smallest absolute Gasteiger partial charge is 0.305 e. The summed E-state index contributed by atoms with van der Waals surface area (Å²) in [5, 5.41) is 9.95. The van der Waals surface area contributed by atoms with Gasteiger partial charge in [-0.25, -0.2) is 0 Å². The first-order chi connectivity index (χ1) is 11.5. The molecule has 0 spiro atoms. The Morgan fingerprint density at radius 1 is 1.21 bits per heavy atom. The maximum atomic E-state index is 11.8. The van der Waals surface area contributed by atoms with Gasteiger partial charge in [-0.15, -0.1) is 0 Å². The molecule has 3 saturated carbocycles. The third kappa shape index (κ3) is 2.55. The number of rotatable bonds is 2. The van der Waals surface area contributed by atoms with Crippen LogP contribution in [0.25, 0.3) is 0 Å². The van der Waals surface area contributed by atoms with E-state index in [4.69, 9.17) is 4.74 Å². The summed E-state index contributed by atoms with van der Waals surface area (Å²) in [6, 6.07) is 0. The lowest BCUT2D eigenvalue weighted by atomic mass is 9.52. The van der Waals surface area contributed by atoms with Crippen LogP contribution >= 0.6 is 0 Å². The van der Waals surface area contributed by atoms with Crippen LogP contribution in [0.4, 0.5) is 0 Å². The summed E-state index contributed by atoms with van der Waals surface area (Å²) in [6.45, 7) is 4.28. The monoisotopic (exact) mass is 332 g/mol. The molecule has 0 aromatic carbocycles. The molecule has 4 aliphatic carbocycles. The second-order valence-electron chi connectivity index (χ2n) is 8.92. The van der Waals surface area contributed by atoms with Crippen molar-refractivity contribution in [2.45, 2.75) is 83.8 Å². The van der Waals surface area contributed by atoms with Crippen molar-refractivity contribution < 1.29 is 14.6 Å². The van der Waals surface area contributed by atoms with E-state index in [2.05, 4.69) is 13.0 Å². The van der Waals surface area contributed by atoms with Gasteiger partial charge in [-0.1, -0.05) is 25.5 Å². The van der Waals surface area contributed by atoms with Gasteiger partial charge < -0.3 is 9.84 Å². The normalized spacial score (nSPS) is 47.2. The first kappa shape index (κ1) is 16.6. The second-order valence-corrected chi connectivity index (χ2v) is 8.92. The number of esters is 1. The van der Waals surface area contributed by atoms with Gasteiger partial charge in [-0.3, -0.25) is 4.79 Å². The average Bonchev–Trinajstić information content (AvgIpc) is 2.90. The van der Waals surface area contributed by atoms with Crippen LogP contribution in [0.3, 0.4) is 0 Å². The molecule has 0 amide bonds. The molecular formula is C21H32O3. The largest absolute Gasteiger partial charge is 0.462 e. The molecule has 0 radical (unpaired) electrons. The zero-order chi connectivity index (χ0) is 16.9. The summed E-state index contributed by atoms with van der Waals surface area (Å²) in [6.07, 6.45) is 11.9. The Morgan fingerprint density at radius 2 is 2.04 bits per heavy atom. The Balaban J connectivity index is 1.53. The molecule has 0 bridgehead atoms. The molecule has 3 heteroatoms. The minimum atomic E-state index is -0.203. The Hall–Kier alpha value is -0.830. The molecule has 134 valence electrons. The van der Waals surface area contributed by atoms with Gasteiger partial charge in [-0.2, -0.15) is 0 Å². The SMILES string of the molecule is CCC(=O)OC1CC[C@H]2[C@@H]3CCC4=CC(O)CC[C@@H]4[C@H]3CC[C@]12C. The van der Waals surface area contributed by atoms with Crippen LogP contribution < -0.4 is 0 Å². The third-order valence-electron chi connectivity index (χ3n) is 7.91. The summed E-state index contributed by atoms with van der Waals surface area (Å²) in [5.74, 6) is 3.01. The zero-order valence-electron chi connectivity index (χ0n) is 15.2. The van der Waals surface area contributed by atoms with E-state index in [0.29, 0.717) is 12.3 Å². The summed E-state index contributed by atoms with van der Waals surface area (Å²) in [7, 11) is 0. The van der Waals surface area contributed by atoms with Crippen LogP contribution in [-0.4, -0.2) is 23.3 Å². The van der Waals surface area contributed by atoms with E-state index in [0.717, 1.165) is 30.6 Å². The molecule has 0 saturated heterocycles. The van der Waals surface area contributed by atoms with E-state index in [1.807, 2.05) is 6.92 Å². The first-order valence-electron chi connectivity index (χ1n) is 10.1. The van der Waals surface area contributed by atoms with Gasteiger partial charge in [0.1, 0.15) is 6.10 Å². The fourth-order valence-electron chi connectivity index (χ4n) is 6.70. The van der Waals surface area contributed by atoms with Crippen LogP contribution in [-0.2, 0) is 9.53 Å². The predicted molar refractivity (Wildman–Crippen MR) is 93.3 cm³/mol. The number of carbonyl (C=O) groups excluding carboxylic acids is 1. The predicted octanol–water partition coefficient (Wildman–Crippen LogP) is 4.24. The lowest BCUT2D eigenvalue weighted by Crippen LogP contribution is -2.48. The van der Waals surface area contributed by atoms with Crippen molar-refractivity contribution in [2.75, 3.05) is 0 Å². The van der Waals surface area contributed by atoms with Crippen molar-refractivity contribution in [3.63, 3.8) is 0 Å². The molecule has 3 fully saturated rings. The van der Waals surface area contributed by atoms with E-state index in [-0.39, 0.29) is 23.6 Å². The number of hydrogen-bond donors (Lipinski definition) is 1. The topological polar surface area (TPSA) is 46.5 Å². The Morgan fingerprint density at radius 3 is 2.83 bits per heavy atom. The molecule has 4 rings (SSSR count). The van der Waals surface area contributed by atoms with Gasteiger partial charge in [0.15, 0.2) is 0 Å². The van der Waals surface area contributed by atoms with Crippen LogP contribution in [0.5, 0.6) is 0 Å². The van der Waals surface area contributed by atoms with Crippen molar-refractivity contribution in [3.05, 3.63) is 11.6 Å². The summed E-state index contributed by atoms with van der Waals surface area (Å²) < 4.78 is 5.85. The van der Waals surface area contributed by atoms with Gasteiger partial charge in [0.2, 0.25) is 0 Å². The number of ether oxygens (including phenoxy) is 1. The highest BCUT2D eigenvalue weighted by Gasteiger charge is 2.57. The average molecular weight is 332 g/mol. The van der Waals surface area contributed by atoms with Crippen molar-refractivity contribution >= 4 is 5.97 Å². The molecule has 24 heavy (non-hydrogen) atoms. The maximum Gasteiger partial charge on any atom is 0.305 e. The third-order valence-corrected chi connectivity index (χ3v) is 7.91. The molecule has 0 aromatic rings. The Labute approximate surface area is 145 Å². The van der Waals surface area contributed by atoms with E-state index in [1.165, 1.54) is 38.5 Å². The lowest BCUT2D eigenvalue weighted by Gasteiger charge is -2.53. The number of hydrogen-bond acceptors (Lipinski definition) is 3. The fraction of sp³-hybridized carbons (Fsp3) is 0.857. The Kier molecular flexibility index (Phi) is 4.27. The molecule has 2 unspecified atom stereocenters. The van der Waals surface area contributed by atoms with E-state index in [1.54, 1.807) is 5.57 Å². The van der Waals surface area contributed by atoms with Crippen LogP contribution in [0, 0.1) is 29.1 Å². The maximum absolute atomic E-state index is 11.8. The van der Waals surface area contributed by atoms with Crippen molar-refractivity contribution in [1.29, 1.82) is 0 Å². The van der Waals surface area contributed by atoms with E-state index < -0.39 is 0 Å². The first-order valence-corrected chi connectivity index (χ1v) is 10.1. The molecule has 4 aliphatic rings. The van der Waals surface area contributed by atoms with Gasteiger partial charge in [0, 0.05) is 11.8 Å². The van der Waals surface area contributed by atoms with Crippen LogP contribution in [0.2, 0.25) is 0 Å². The molecule has 7 atom stereocenters. The van der Waals surface area contributed by atoms with Crippen LogP contribution in [0.1, 0.15) is 71.6 Å². The number of allylic oxidation sites excluding steroid dienone is 1. The van der Waals surface area contributed by atoms with E-state index in [9.17, 15) is 9.90 Å². The molecule has 0 aliphatic heterocycles.